The highest BCUT2D eigenvalue weighted by molar-refractivity contribution is 6.31. The van der Waals surface area contributed by atoms with Crippen LogP contribution in [0, 0.1) is 6.57 Å². The van der Waals surface area contributed by atoms with Crippen LogP contribution in [0.2, 0.25) is 5.02 Å². The number of halogens is 1. The van der Waals surface area contributed by atoms with Gasteiger partial charge in [-0.15, -0.1) is 0 Å². The molecule has 1 saturated heterocycles. The topological polar surface area (TPSA) is 85.2 Å². The van der Waals surface area contributed by atoms with E-state index in [1.54, 1.807) is 13.2 Å². The summed E-state index contributed by atoms with van der Waals surface area (Å²) in [5, 5.41) is 8.31. The molecule has 10 heteroatoms. The average Bonchev–Trinajstić information content (AvgIpc) is 3.15. The van der Waals surface area contributed by atoms with Gasteiger partial charge in [-0.05, 0) is 45.2 Å². The maximum absolute atomic E-state index is 13.3. The SMILES string of the molecule is [C-]#[N+]c1cn2nc(N3CCC[C@@H](NC(=O)OC(C)(C)C)C3)c(Cc3ccccc3Cl)c2c(=O)n1C. The number of fused-ring (bicyclic) bond motifs is 1. The van der Waals surface area contributed by atoms with E-state index < -0.39 is 11.7 Å². The van der Waals surface area contributed by atoms with Gasteiger partial charge in [0.2, 0.25) is 0 Å². The molecule has 184 valence electrons. The molecule has 0 bridgehead atoms. The number of nitrogens with zero attached hydrogens (tertiary/aromatic N) is 5. The number of alkyl carbamates (subject to hydrolysis) is 1. The zero-order chi connectivity index (χ0) is 25.3. The molecule has 0 spiro atoms. The van der Waals surface area contributed by atoms with Gasteiger partial charge in [-0.3, -0.25) is 4.57 Å². The van der Waals surface area contributed by atoms with Crippen LogP contribution in [0.3, 0.4) is 0 Å². The van der Waals surface area contributed by atoms with E-state index in [1.807, 2.05) is 45.0 Å². The van der Waals surface area contributed by atoms with E-state index in [1.165, 1.54) is 9.08 Å². The molecule has 1 aliphatic rings. The van der Waals surface area contributed by atoms with Crippen molar-refractivity contribution in [3.8, 4) is 0 Å². The lowest BCUT2D eigenvalue weighted by Gasteiger charge is -2.34. The standard InChI is InChI=1S/C25H29ClN6O3/c1-25(2,3)35-24(34)28-17-10-8-12-31(14-17)22-18(13-16-9-6-7-11-19(16)26)21-23(33)30(5)20(27-4)15-32(21)29-22/h6-7,9,11,15,17H,8,10,12-14H2,1-3,5H3,(H,28,34)/t17-/m1/s1. The van der Waals surface area contributed by atoms with E-state index in [2.05, 4.69) is 15.1 Å². The Labute approximate surface area is 209 Å². The molecule has 3 heterocycles. The third-order valence-electron chi connectivity index (χ3n) is 5.96. The number of rotatable bonds is 4. The predicted octanol–water partition coefficient (Wildman–Crippen LogP) is 4.32. The van der Waals surface area contributed by atoms with Crippen molar-refractivity contribution >= 4 is 34.8 Å². The Morgan fingerprint density at radius 3 is 2.77 bits per heavy atom. The number of piperidine rings is 1. The minimum absolute atomic E-state index is 0.127. The lowest BCUT2D eigenvalue weighted by molar-refractivity contribution is 0.0500. The maximum atomic E-state index is 13.3. The first-order valence-electron chi connectivity index (χ1n) is 11.5. The van der Waals surface area contributed by atoms with Crippen molar-refractivity contribution in [3.63, 3.8) is 0 Å². The molecular weight excluding hydrogens is 468 g/mol. The van der Waals surface area contributed by atoms with E-state index >= 15 is 0 Å². The number of amides is 1. The van der Waals surface area contributed by atoms with Crippen LogP contribution in [0.5, 0.6) is 0 Å². The number of benzene rings is 1. The van der Waals surface area contributed by atoms with E-state index in [-0.39, 0.29) is 17.4 Å². The van der Waals surface area contributed by atoms with Crippen LogP contribution in [0.15, 0.2) is 35.3 Å². The van der Waals surface area contributed by atoms with E-state index in [0.29, 0.717) is 29.3 Å². The number of aromatic nitrogens is 3. The van der Waals surface area contributed by atoms with Gasteiger partial charge in [-0.25, -0.2) is 14.1 Å². The Morgan fingerprint density at radius 2 is 2.09 bits per heavy atom. The van der Waals surface area contributed by atoms with Crippen molar-refractivity contribution in [3.05, 3.63) is 68.4 Å². The molecule has 3 aromatic rings. The minimum Gasteiger partial charge on any atom is -0.444 e. The van der Waals surface area contributed by atoms with E-state index in [0.717, 1.165) is 30.5 Å². The summed E-state index contributed by atoms with van der Waals surface area (Å²) in [7, 11) is 1.59. The summed E-state index contributed by atoms with van der Waals surface area (Å²) in [6.45, 7) is 14.2. The van der Waals surface area contributed by atoms with Gasteiger partial charge < -0.3 is 19.8 Å². The predicted molar refractivity (Wildman–Crippen MR) is 136 cm³/mol. The molecule has 0 radical (unpaired) electrons. The summed E-state index contributed by atoms with van der Waals surface area (Å²) in [6, 6.07) is 7.39. The highest BCUT2D eigenvalue weighted by atomic mass is 35.5. The molecule has 4 rings (SSSR count). The third kappa shape index (κ3) is 5.28. The van der Waals surface area contributed by atoms with Gasteiger partial charge >= 0.3 is 11.7 Å². The lowest BCUT2D eigenvalue weighted by atomic mass is 10.0. The Morgan fingerprint density at radius 1 is 1.34 bits per heavy atom. The molecule has 1 fully saturated rings. The van der Waals surface area contributed by atoms with Gasteiger partial charge in [0.1, 0.15) is 5.60 Å². The zero-order valence-electron chi connectivity index (χ0n) is 20.3. The van der Waals surface area contributed by atoms with Gasteiger partial charge in [0.15, 0.2) is 11.3 Å². The maximum Gasteiger partial charge on any atom is 0.407 e. The second kappa shape index (κ2) is 9.62. The van der Waals surface area contributed by atoms with Crippen molar-refractivity contribution < 1.29 is 9.53 Å². The fourth-order valence-corrected chi connectivity index (χ4v) is 4.55. The van der Waals surface area contributed by atoms with Crippen molar-refractivity contribution in [1.82, 2.24) is 19.5 Å². The number of nitrogens with one attached hydrogen (secondary N) is 1. The van der Waals surface area contributed by atoms with Gasteiger partial charge in [-0.2, -0.15) is 5.10 Å². The fraction of sp³-hybridized carbons (Fsp3) is 0.440. The molecule has 2 aromatic heterocycles. The minimum atomic E-state index is -0.581. The number of hydrogen-bond donors (Lipinski definition) is 1. The molecule has 1 N–H and O–H groups in total. The van der Waals surface area contributed by atoms with Crippen LogP contribution < -0.4 is 15.8 Å². The number of hydrogen-bond acceptors (Lipinski definition) is 5. The zero-order valence-corrected chi connectivity index (χ0v) is 21.1. The van der Waals surface area contributed by atoms with Crippen LogP contribution in [-0.2, 0) is 18.2 Å². The first-order chi connectivity index (χ1) is 16.6. The van der Waals surface area contributed by atoms with Crippen molar-refractivity contribution in [2.75, 3.05) is 18.0 Å². The molecule has 1 aromatic carbocycles. The number of ether oxygens (including phenoxy) is 1. The second-order valence-electron chi connectivity index (χ2n) is 9.76. The van der Waals surface area contributed by atoms with Crippen molar-refractivity contribution in [2.45, 2.75) is 51.7 Å². The van der Waals surface area contributed by atoms with Gasteiger partial charge in [0.25, 0.3) is 5.82 Å². The number of carbonyl (C=O) groups excluding carboxylic acids is 1. The van der Waals surface area contributed by atoms with Gasteiger partial charge in [0, 0.05) is 36.1 Å². The molecule has 0 saturated carbocycles. The summed E-state index contributed by atoms with van der Waals surface area (Å²) in [5.74, 6) is 0.851. The first-order valence-corrected chi connectivity index (χ1v) is 11.9. The Hall–Kier alpha value is -3.51. The molecule has 1 atom stereocenters. The third-order valence-corrected chi connectivity index (χ3v) is 6.33. The monoisotopic (exact) mass is 496 g/mol. The van der Waals surface area contributed by atoms with Crippen LogP contribution in [-0.4, -0.2) is 45.0 Å². The van der Waals surface area contributed by atoms with Crippen molar-refractivity contribution in [1.29, 1.82) is 0 Å². The number of anilines is 1. The summed E-state index contributed by atoms with van der Waals surface area (Å²) in [5.41, 5.74) is 1.16. The Bertz CT molecular complexity index is 1360. The molecular formula is C25H29ClN6O3. The average molecular weight is 497 g/mol. The Balaban J connectivity index is 1.74. The smallest absolute Gasteiger partial charge is 0.407 e. The highest BCUT2D eigenvalue weighted by Crippen LogP contribution is 2.30. The summed E-state index contributed by atoms with van der Waals surface area (Å²) >= 11 is 6.46. The van der Waals surface area contributed by atoms with Crippen LogP contribution in [0.1, 0.15) is 44.7 Å². The Kier molecular flexibility index (Phi) is 6.77. The molecule has 9 nitrogen and oxygen atoms in total. The van der Waals surface area contributed by atoms with Crippen molar-refractivity contribution in [2.24, 2.45) is 7.05 Å². The summed E-state index contributed by atoms with van der Waals surface area (Å²) < 4.78 is 8.27. The van der Waals surface area contributed by atoms with Gasteiger partial charge in [0.05, 0.1) is 13.2 Å². The fourth-order valence-electron chi connectivity index (χ4n) is 4.35. The van der Waals surface area contributed by atoms with E-state index in [4.69, 9.17) is 28.0 Å². The molecule has 0 aliphatic carbocycles. The summed E-state index contributed by atoms with van der Waals surface area (Å²) in [6.07, 6.45) is 3.18. The van der Waals surface area contributed by atoms with E-state index in [9.17, 15) is 9.59 Å². The highest BCUT2D eigenvalue weighted by Gasteiger charge is 2.29. The lowest BCUT2D eigenvalue weighted by Crippen LogP contribution is -2.49. The first kappa shape index (κ1) is 24.6. The number of carbonyl (C=O) groups is 1. The largest absolute Gasteiger partial charge is 0.444 e. The van der Waals surface area contributed by atoms with Crippen LogP contribution in [0.4, 0.5) is 16.4 Å². The van der Waals surface area contributed by atoms with Crippen LogP contribution in [0.25, 0.3) is 10.4 Å². The quantitative estimate of drug-likeness (QED) is 0.544. The summed E-state index contributed by atoms with van der Waals surface area (Å²) in [4.78, 5) is 31.2. The van der Waals surface area contributed by atoms with Gasteiger partial charge in [-0.1, -0.05) is 36.4 Å². The molecule has 35 heavy (non-hydrogen) atoms. The molecule has 1 amide bonds. The molecule has 0 unspecified atom stereocenters. The normalized spacial score (nSPS) is 16.2. The molecule has 1 aliphatic heterocycles. The second-order valence-corrected chi connectivity index (χ2v) is 10.2. The van der Waals surface area contributed by atoms with Crippen LogP contribution >= 0.6 is 11.6 Å².